The fraction of sp³-hybridized carbons (Fsp3) is 0.692. The van der Waals surface area contributed by atoms with Crippen LogP contribution in [0, 0.1) is 0 Å². The molecule has 4 nitrogen and oxygen atoms in total. The topological polar surface area (TPSA) is 42.4 Å². The van der Waals surface area contributed by atoms with Gasteiger partial charge in [-0.1, -0.05) is 0 Å². The Morgan fingerprint density at radius 3 is 2.86 bits per heavy atom. The lowest BCUT2D eigenvalue weighted by atomic mass is 9.97. The Labute approximate surface area is 124 Å². The minimum Gasteiger partial charge on any atom is -0.468 e. The second-order valence-corrected chi connectivity index (χ2v) is 5.99. The van der Waals surface area contributed by atoms with Crippen LogP contribution < -0.4 is 0 Å². The number of hydrogen-bond acceptors (Lipinski definition) is 5. The van der Waals surface area contributed by atoms with Crippen LogP contribution in [-0.2, 0) is 15.7 Å². The first-order valence-electron chi connectivity index (χ1n) is 6.67. The molecular weight excluding hydrogens is 305 g/mol. The first-order chi connectivity index (χ1) is 9.82. The molecule has 0 spiro atoms. The molecule has 2 atom stereocenters. The summed E-state index contributed by atoms with van der Waals surface area (Å²) in [7, 11) is 1.33. The second-order valence-electron chi connectivity index (χ2n) is 5.10. The molecular formula is C13H17F3N2O2S. The van der Waals surface area contributed by atoms with Gasteiger partial charge in [0.2, 0.25) is 0 Å². The molecule has 0 radical (unpaired) electrons. The Hall–Kier alpha value is -1.15. The van der Waals surface area contributed by atoms with Crippen LogP contribution in [0.4, 0.5) is 13.2 Å². The molecule has 8 heteroatoms. The van der Waals surface area contributed by atoms with Gasteiger partial charge in [-0.15, -0.1) is 11.3 Å². The van der Waals surface area contributed by atoms with Crippen LogP contribution in [0.2, 0.25) is 0 Å². The molecule has 2 heterocycles. The predicted molar refractivity (Wildman–Crippen MR) is 72.1 cm³/mol. The van der Waals surface area contributed by atoms with Crippen molar-refractivity contribution in [1.29, 1.82) is 0 Å². The normalized spacial score (nSPS) is 22.0. The third-order valence-electron chi connectivity index (χ3n) is 3.70. The van der Waals surface area contributed by atoms with E-state index in [1.54, 1.807) is 6.92 Å². The highest BCUT2D eigenvalue weighted by Crippen LogP contribution is 2.35. The standard InChI is InChI=1S/C13H17F3N2O2S/c1-8(12(19)20-2)18-5-3-4-9(6-18)11-17-10(7-21-11)13(14,15)16/h7-9H,3-6H2,1-2H3/t8-,9+/m0/s1. The second kappa shape index (κ2) is 6.31. The first-order valence-corrected chi connectivity index (χ1v) is 7.55. The minimum absolute atomic E-state index is 0.0630. The van der Waals surface area contributed by atoms with Crippen molar-refractivity contribution in [3.05, 3.63) is 16.1 Å². The van der Waals surface area contributed by atoms with Gasteiger partial charge in [0.25, 0.3) is 0 Å². The van der Waals surface area contributed by atoms with E-state index in [0.717, 1.165) is 36.1 Å². The van der Waals surface area contributed by atoms with Crippen molar-refractivity contribution in [3.63, 3.8) is 0 Å². The van der Waals surface area contributed by atoms with Crippen molar-refractivity contribution in [2.45, 2.75) is 37.9 Å². The van der Waals surface area contributed by atoms with Crippen molar-refractivity contribution < 1.29 is 22.7 Å². The maximum Gasteiger partial charge on any atom is 0.434 e. The predicted octanol–water partition coefficient (Wildman–Crippen LogP) is 2.90. The molecule has 0 amide bonds. The molecule has 0 saturated carbocycles. The number of halogens is 3. The summed E-state index contributed by atoms with van der Waals surface area (Å²) in [5.41, 5.74) is -0.833. The molecule has 1 saturated heterocycles. The van der Waals surface area contributed by atoms with Gasteiger partial charge in [-0.05, 0) is 26.3 Å². The van der Waals surface area contributed by atoms with Crippen molar-refractivity contribution in [2.24, 2.45) is 0 Å². The van der Waals surface area contributed by atoms with E-state index in [2.05, 4.69) is 4.98 Å². The summed E-state index contributed by atoms with van der Waals surface area (Å²) in [6.45, 7) is 3.02. The Morgan fingerprint density at radius 2 is 2.29 bits per heavy atom. The Bertz CT molecular complexity index is 504. The number of carbonyl (C=O) groups is 1. The van der Waals surface area contributed by atoms with Crippen molar-refractivity contribution in [2.75, 3.05) is 20.2 Å². The summed E-state index contributed by atoms with van der Waals surface area (Å²) in [6, 6.07) is -0.389. The molecule has 0 aromatic carbocycles. The number of carbonyl (C=O) groups excluding carboxylic acids is 1. The van der Waals surface area contributed by atoms with E-state index >= 15 is 0 Å². The Kier molecular flexibility index (Phi) is 4.88. The van der Waals surface area contributed by atoms with Crippen LogP contribution in [0.5, 0.6) is 0 Å². The summed E-state index contributed by atoms with van der Waals surface area (Å²) in [4.78, 5) is 17.2. The number of nitrogens with zero attached hydrogens (tertiary/aromatic N) is 2. The number of methoxy groups -OCH3 is 1. The van der Waals surface area contributed by atoms with Gasteiger partial charge in [-0.3, -0.25) is 9.69 Å². The number of hydrogen-bond donors (Lipinski definition) is 0. The number of alkyl halides is 3. The minimum atomic E-state index is -4.40. The highest BCUT2D eigenvalue weighted by molar-refractivity contribution is 7.09. The molecule has 0 bridgehead atoms. The molecule has 21 heavy (non-hydrogen) atoms. The highest BCUT2D eigenvalue weighted by Gasteiger charge is 2.36. The average molecular weight is 322 g/mol. The lowest BCUT2D eigenvalue weighted by Crippen LogP contribution is -2.44. The number of esters is 1. The third kappa shape index (κ3) is 3.74. The zero-order chi connectivity index (χ0) is 15.6. The van der Waals surface area contributed by atoms with Crippen LogP contribution in [-0.4, -0.2) is 42.1 Å². The molecule has 2 rings (SSSR count). The van der Waals surface area contributed by atoms with Crippen molar-refractivity contribution in [3.8, 4) is 0 Å². The summed E-state index contributed by atoms with van der Waals surface area (Å²) in [5, 5.41) is 1.54. The maximum absolute atomic E-state index is 12.6. The van der Waals surface area contributed by atoms with E-state index in [0.29, 0.717) is 11.6 Å². The quantitative estimate of drug-likeness (QED) is 0.803. The highest BCUT2D eigenvalue weighted by atomic mass is 32.1. The van der Waals surface area contributed by atoms with Gasteiger partial charge in [0.15, 0.2) is 5.69 Å². The molecule has 1 aromatic rings. The average Bonchev–Trinajstić information content (AvgIpc) is 2.95. The zero-order valence-electron chi connectivity index (χ0n) is 11.8. The van der Waals surface area contributed by atoms with Crippen LogP contribution >= 0.6 is 11.3 Å². The molecule has 0 unspecified atom stereocenters. The summed E-state index contributed by atoms with van der Waals surface area (Å²) in [6.07, 6.45) is -2.79. The van der Waals surface area contributed by atoms with Crippen LogP contribution in [0.1, 0.15) is 36.4 Å². The number of piperidine rings is 1. The Balaban J connectivity index is 2.07. The molecule has 118 valence electrons. The van der Waals surface area contributed by atoms with Gasteiger partial charge >= 0.3 is 12.1 Å². The molecule has 1 aromatic heterocycles. The number of aromatic nitrogens is 1. The van der Waals surface area contributed by atoms with Crippen molar-refractivity contribution in [1.82, 2.24) is 9.88 Å². The van der Waals surface area contributed by atoms with Crippen LogP contribution in [0.3, 0.4) is 0 Å². The number of thiazole rings is 1. The molecule has 0 aliphatic carbocycles. The molecule has 1 fully saturated rings. The smallest absolute Gasteiger partial charge is 0.434 e. The van der Waals surface area contributed by atoms with E-state index in [4.69, 9.17) is 4.74 Å². The van der Waals surface area contributed by atoms with Gasteiger partial charge in [0.05, 0.1) is 12.1 Å². The SMILES string of the molecule is COC(=O)[C@H](C)N1CCC[C@@H](c2nc(C(F)(F)F)cs2)C1. The molecule has 1 aliphatic rings. The number of likely N-dealkylation sites (tertiary alicyclic amines) is 1. The number of rotatable bonds is 3. The van der Waals surface area contributed by atoms with Gasteiger partial charge < -0.3 is 4.74 Å². The monoisotopic (exact) mass is 322 g/mol. The first kappa shape index (κ1) is 16.2. The van der Waals surface area contributed by atoms with E-state index in [9.17, 15) is 18.0 Å². The fourth-order valence-corrected chi connectivity index (χ4v) is 3.44. The third-order valence-corrected chi connectivity index (χ3v) is 4.71. The summed E-state index contributed by atoms with van der Waals surface area (Å²) < 4.78 is 42.5. The largest absolute Gasteiger partial charge is 0.468 e. The van der Waals surface area contributed by atoms with E-state index in [1.165, 1.54) is 7.11 Å². The van der Waals surface area contributed by atoms with Gasteiger partial charge in [-0.25, -0.2) is 4.98 Å². The van der Waals surface area contributed by atoms with Gasteiger partial charge in [-0.2, -0.15) is 13.2 Å². The van der Waals surface area contributed by atoms with E-state index < -0.39 is 11.9 Å². The molecule has 1 aliphatic heterocycles. The Morgan fingerprint density at radius 1 is 1.57 bits per heavy atom. The van der Waals surface area contributed by atoms with Crippen molar-refractivity contribution >= 4 is 17.3 Å². The lowest BCUT2D eigenvalue weighted by Gasteiger charge is -2.34. The van der Waals surface area contributed by atoms with E-state index in [-0.39, 0.29) is 17.9 Å². The summed E-state index contributed by atoms with van der Waals surface area (Å²) >= 11 is 1.04. The number of ether oxygens (including phenoxy) is 1. The summed E-state index contributed by atoms with van der Waals surface area (Å²) in [5.74, 6) is -0.391. The van der Waals surface area contributed by atoms with Gasteiger partial charge in [0, 0.05) is 17.8 Å². The maximum atomic E-state index is 12.6. The van der Waals surface area contributed by atoms with Crippen LogP contribution in [0.25, 0.3) is 0 Å². The van der Waals surface area contributed by atoms with E-state index in [1.807, 2.05) is 4.90 Å². The lowest BCUT2D eigenvalue weighted by molar-refractivity contribution is -0.146. The van der Waals surface area contributed by atoms with Crippen LogP contribution in [0.15, 0.2) is 5.38 Å². The molecule has 0 N–H and O–H groups in total. The zero-order valence-corrected chi connectivity index (χ0v) is 12.6. The fourth-order valence-electron chi connectivity index (χ4n) is 2.48. The van der Waals surface area contributed by atoms with Gasteiger partial charge in [0.1, 0.15) is 6.04 Å².